The van der Waals surface area contributed by atoms with Crippen LogP contribution in [0.3, 0.4) is 0 Å². The SMILES string of the molecule is CC(C)n1nncc1-c1cc(-c2cccc(C(=O)N3CCCC3)c2)n2ncnc(N)c12. The van der Waals surface area contributed by atoms with Gasteiger partial charge in [0.05, 0.1) is 17.6 Å². The second kappa shape index (κ2) is 7.50. The minimum Gasteiger partial charge on any atom is -0.382 e. The van der Waals surface area contributed by atoms with Crippen LogP contribution in [0.15, 0.2) is 42.9 Å². The van der Waals surface area contributed by atoms with Gasteiger partial charge in [-0.2, -0.15) is 5.10 Å². The monoisotopic (exact) mass is 416 g/mol. The number of anilines is 1. The Morgan fingerprint density at radius 2 is 1.94 bits per heavy atom. The van der Waals surface area contributed by atoms with Crippen LogP contribution >= 0.6 is 0 Å². The molecule has 1 amide bonds. The molecule has 4 heterocycles. The number of hydrogen-bond donors (Lipinski definition) is 1. The summed E-state index contributed by atoms with van der Waals surface area (Å²) in [5.74, 6) is 0.439. The maximum absolute atomic E-state index is 12.9. The summed E-state index contributed by atoms with van der Waals surface area (Å²) in [6.07, 6.45) is 5.28. The number of nitrogens with two attached hydrogens (primary N) is 1. The van der Waals surface area contributed by atoms with E-state index in [-0.39, 0.29) is 11.9 Å². The highest BCUT2D eigenvalue weighted by molar-refractivity contribution is 5.96. The molecule has 9 nitrogen and oxygen atoms in total. The summed E-state index contributed by atoms with van der Waals surface area (Å²) in [7, 11) is 0. The molecule has 1 saturated heterocycles. The fourth-order valence-corrected chi connectivity index (χ4v) is 4.20. The average Bonchev–Trinajstić information content (AvgIpc) is 3.52. The first-order valence-electron chi connectivity index (χ1n) is 10.5. The van der Waals surface area contributed by atoms with Crippen LogP contribution in [-0.4, -0.2) is 53.5 Å². The third-order valence-electron chi connectivity index (χ3n) is 5.72. The average molecular weight is 416 g/mol. The Bertz CT molecular complexity index is 1270. The van der Waals surface area contributed by atoms with E-state index in [9.17, 15) is 4.79 Å². The first-order chi connectivity index (χ1) is 15.0. The molecule has 1 aliphatic heterocycles. The highest BCUT2D eigenvalue weighted by atomic mass is 16.2. The summed E-state index contributed by atoms with van der Waals surface area (Å²) < 4.78 is 3.62. The number of hydrogen-bond acceptors (Lipinski definition) is 6. The third-order valence-corrected chi connectivity index (χ3v) is 5.72. The fraction of sp³-hybridized carbons (Fsp3) is 0.318. The van der Waals surface area contributed by atoms with Gasteiger partial charge < -0.3 is 10.6 Å². The topological polar surface area (TPSA) is 107 Å². The molecule has 0 radical (unpaired) electrons. The molecule has 1 aromatic carbocycles. The summed E-state index contributed by atoms with van der Waals surface area (Å²) >= 11 is 0. The lowest BCUT2D eigenvalue weighted by molar-refractivity contribution is 0.0793. The van der Waals surface area contributed by atoms with E-state index in [1.165, 1.54) is 6.33 Å². The molecule has 1 fully saturated rings. The zero-order valence-corrected chi connectivity index (χ0v) is 17.6. The number of benzene rings is 1. The Labute approximate surface area is 179 Å². The zero-order valence-electron chi connectivity index (χ0n) is 17.6. The van der Waals surface area contributed by atoms with Crippen LogP contribution < -0.4 is 5.73 Å². The lowest BCUT2D eigenvalue weighted by Gasteiger charge is -2.15. The Kier molecular flexibility index (Phi) is 4.65. The zero-order chi connectivity index (χ0) is 21.5. The quantitative estimate of drug-likeness (QED) is 0.548. The van der Waals surface area contributed by atoms with Crippen molar-refractivity contribution >= 4 is 17.2 Å². The summed E-state index contributed by atoms with van der Waals surface area (Å²) in [5, 5.41) is 12.8. The van der Waals surface area contributed by atoms with Gasteiger partial charge in [0.2, 0.25) is 0 Å². The highest BCUT2D eigenvalue weighted by Gasteiger charge is 2.23. The first-order valence-corrected chi connectivity index (χ1v) is 10.5. The van der Waals surface area contributed by atoms with Gasteiger partial charge in [0, 0.05) is 35.8 Å². The van der Waals surface area contributed by atoms with Gasteiger partial charge >= 0.3 is 0 Å². The van der Waals surface area contributed by atoms with E-state index in [0.717, 1.165) is 48.4 Å². The van der Waals surface area contributed by atoms with Crippen molar-refractivity contribution in [2.75, 3.05) is 18.8 Å². The molecule has 0 aliphatic carbocycles. The van der Waals surface area contributed by atoms with Crippen molar-refractivity contribution in [2.24, 2.45) is 0 Å². The standard InChI is InChI=1S/C22H24N8O/c1-14(2)29-19(12-25-27-29)17-11-18(30-20(17)21(23)24-13-26-30)15-6-5-7-16(10-15)22(31)28-8-3-4-9-28/h5-7,10-14H,3-4,8-9H2,1-2H3,(H2,23,24,26). The van der Waals surface area contributed by atoms with Crippen molar-refractivity contribution in [1.29, 1.82) is 0 Å². The predicted molar refractivity (Wildman–Crippen MR) is 117 cm³/mol. The molecule has 0 atom stereocenters. The molecule has 4 aromatic rings. The van der Waals surface area contributed by atoms with Crippen molar-refractivity contribution in [3.05, 3.63) is 48.4 Å². The fourth-order valence-electron chi connectivity index (χ4n) is 4.20. The lowest BCUT2D eigenvalue weighted by atomic mass is 10.1. The van der Waals surface area contributed by atoms with Crippen molar-refractivity contribution in [3.8, 4) is 22.5 Å². The predicted octanol–water partition coefficient (Wildman–Crippen LogP) is 3.05. The molecule has 2 N–H and O–H groups in total. The number of amides is 1. The third kappa shape index (κ3) is 3.22. The smallest absolute Gasteiger partial charge is 0.253 e. The van der Waals surface area contributed by atoms with E-state index >= 15 is 0 Å². The highest BCUT2D eigenvalue weighted by Crippen LogP contribution is 2.35. The summed E-state index contributed by atoms with van der Waals surface area (Å²) in [5.41, 5.74) is 11.0. The van der Waals surface area contributed by atoms with Crippen LogP contribution in [0, 0.1) is 0 Å². The van der Waals surface area contributed by atoms with E-state index in [0.29, 0.717) is 16.9 Å². The van der Waals surface area contributed by atoms with Gasteiger partial charge in [-0.25, -0.2) is 14.2 Å². The van der Waals surface area contributed by atoms with Gasteiger partial charge in [-0.3, -0.25) is 4.79 Å². The summed E-state index contributed by atoms with van der Waals surface area (Å²) in [6, 6.07) is 9.80. The first kappa shape index (κ1) is 19.2. The Hall–Kier alpha value is -3.75. The number of nitrogens with zero attached hydrogens (tertiary/aromatic N) is 7. The van der Waals surface area contributed by atoms with Crippen molar-refractivity contribution in [1.82, 2.24) is 34.5 Å². The van der Waals surface area contributed by atoms with E-state index in [2.05, 4.69) is 20.4 Å². The number of carbonyl (C=O) groups excluding carboxylic acids is 1. The van der Waals surface area contributed by atoms with E-state index in [4.69, 9.17) is 5.73 Å². The second-order valence-corrected chi connectivity index (χ2v) is 8.09. The molecular formula is C22H24N8O. The largest absolute Gasteiger partial charge is 0.382 e. The van der Waals surface area contributed by atoms with Gasteiger partial charge in [0.25, 0.3) is 5.91 Å². The van der Waals surface area contributed by atoms with E-state index < -0.39 is 0 Å². The molecule has 3 aromatic heterocycles. The molecule has 158 valence electrons. The maximum Gasteiger partial charge on any atom is 0.253 e. The molecule has 0 saturated carbocycles. The number of aromatic nitrogens is 6. The van der Waals surface area contributed by atoms with Gasteiger partial charge in [-0.05, 0) is 44.9 Å². The van der Waals surface area contributed by atoms with E-state index in [1.54, 1.807) is 10.7 Å². The van der Waals surface area contributed by atoms with Crippen LogP contribution in [0.2, 0.25) is 0 Å². The van der Waals surface area contributed by atoms with Crippen molar-refractivity contribution < 1.29 is 4.79 Å². The molecule has 0 unspecified atom stereocenters. The van der Waals surface area contributed by atoms with Crippen LogP contribution in [0.4, 0.5) is 5.82 Å². The van der Waals surface area contributed by atoms with Crippen LogP contribution in [0.25, 0.3) is 28.0 Å². The summed E-state index contributed by atoms with van der Waals surface area (Å²) in [4.78, 5) is 19.0. The Balaban J connectivity index is 1.67. The van der Waals surface area contributed by atoms with Crippen LogP contribution in [0.5, 0.6) is 0 Å². The Morgan fingerprint density at radius 1 is 1.13 bits per heavy atom. The number of nitrogen functional groups attached to an aromatic ring is 1. The molecule has 31 heavy (non-hydrogen) atoms. The second-order valence-electron chi connectivity index (χ2n) is 8.09. The van der Waals surface area contributed by atoms with Crippen LogP contribution in [-0.2, 0) is 0 Å². The summed E-state index contributed by atoms with van der Waals surface area (Å²) in [6.45, 7) is 5.73. The number of fused-ring (bicyclic) bond motifs is 1. The van der Waals surface area contributed by atoms with Gasteiger partial charge in [0.15, 0.2) is 5.82 Å². The molecule has 0 bridgehead atoms. The number of likely N-dealkylation sites (tertiary alicyclic amines) is 1. The van der Waals surface area contributed by atoms with Crippen molar-refractivity contribution in [3.63, 3.8) is 0 Å². The lowest BCUT2D eigenvalue weighted by Crippen LogP contribution is -2.27. The maximum atomic E-state index is 12.9. The molecule has 0 spiro atoms. The number of rotatable bonds is 4. The molecule has 9 heteroatoms. The molecular weight excluding hydrogens is 392 g/mol. The Morgan fingerprint density at radius 3 is 2.71 bits per heavy atom. The van der Waals surface area contributed by atoms with Crippen LogP contribution in [0.1, 0.15) is 43.1 Å². The van der Waals surface area contributed by atoms with Gasteiger partial charge in [0.1, 0.15) is 11.8 Å². The van der Waals surface area contributed by atoms with Gasteiger partial charge in [-0.15, -0.1) is 5.10 Å². The molecule has 5 rings (SSSR count). The minimum atomic E-state index is 0.0664. The van der Waals surface area contributed by atoms with Gasteiger partial charge in [-0.1, -0.05) is 17.3 Å². The minimum absolute atomic E-state index is 0.0664. The normalized spacial score (nSPS) is 14.1. The molecule has 1 aliphatic rings. The van der Waals surface area contributed by atoms with E-state index in [1.807, 2.05) is 53.8 Å². The van der Waals surface area contributed by atoms with Crippen molar-refractivity contribution in [2.45, 2.75) is 32.7 Å². The number of carbonyl (C=O) groups is 1.